The highest BCUT2D eigenvalue weighted by atomic mass is 16.4. The van der Waals surface area contributed by atoms with Crippen molar-refractivity contribution in [3.8, 4) is 0 Å². The van der Waals surface area contributed by atoms with Crippen LogP contribution in [-0.2, 0) is 4.79 Å². The second-order valence-corrected chi connectivity index (χ2v) is 10.8. The maximum Gasteiger partial charge on any atom is 0.306 e. The molecule has 0 aliphatic heterocycles. The minimum absolute atomic E-state index is 0.0478. The molecule has 3 rings (SSSR count). The molecule has 0 amide bonds. The summed E-state index contributed by atoms with van der Waals surface area (Å²) >= 11 is 0. The van der Waals surface area contributed by atoms with Gasteiger partial charge in [0.05, 0.1) is 5.92 Å². The molecule has 2 heteroatoms. The van der Waals surface area contributed by atoms with Gasteiger partial charge < -0.3 is 5.11 Å². The summed E-state index contributed by atoms with van der Waals surface area (Å²) in [4.78, 5) is 11.1. The number of carbonyl (C=O) groups is 1. The minimum Gasteiger partial charge on any atom is -0.481 e. The van der Waals surface area contributed by atoms with Crippen molar-refractivity contribution in [3.63, 3.8) is 0 Å². The lowest BCUT2D eigenvalue weighted by Crippen LogP contribution is -2.22. The molecule has 3 aliphatic carbocycles. The Labute approximate surface area is 174 Å². The van der Waals surface area contributed by atoms with Crippen LogP contribution in [0.4, 0.5) is 0 Å². The van der Waals surface area contributed by atoms with E-state index in [1.54, 1.807) is 0 Å². The van der Waals surface area contributed by atoms with Gasteiger partial charge in [0, 0.05) is 0 Å². The summed E-state index contributed by atoms with van der Waals surface area (Å²) in [5, 5.41) is 9.14. The first-order valence-corrected chi connectivity index (χ1v) is 12.9. The van der Waals surface area contributed by atoms with E-state index in [4.69, 9.17) is 5.11 Å². The molecular weight excluding hydrogens is 344 g/mol. The largest absolute Gasteiger partial charge is 0.481 e. The molecule has 3 fully saturated rings. The Morgan fingerprint density at radius 2 is 0.857 bits per heavy atom. The van der Waals surface area contributed by atoms with Gasteiger partial charge in [-0.15, -0.1) is 0 Å². The third-order valence-electron chi connectivity index (χ3n) is 8.79. The number of aliphatic carboxylic acids is 1. The molecule has 0 aromatic rings. The average molecular weight is 391 g/mol. The van der Waals surface area contributed by atoms with Crippen molar-refractivity contribution >= 4 is 5.97 Å². The van der Waals surface area contributed by atoms with Crippen LogP contribution in [0.15, 0.2) is 0 Å². The molecule has 0 unspecified atom stereocenters. The Bertz CT molecular complexity index is 435. The predicted molar refractivity (Wildman–Crippen MR) is 117 cm³/mol. The Kier molecular flexibility index (Phi) is 9.18. The molecule has 3 aliphatic rings. The Morgan fingerprint density at radius 1 is 0.571 bits per heavy atom. The van der Waals surface area contributed by atoms with Crippen molar-refractivity contribution in [2.75, 3.05) is 0 Å². The van der Waals surface area contributed by atoms with E-state index >= 15 is 0 Å². The summed E-state index contributed by atoms with van der Waals surface area (Å²) in [5.74, 6) is 4.30. The van der Waals surface area contributed by atoms with Crippen LogP contribution in [-0.4, -0.2) is 11.1 Å². The van der Waals surface area contributed by atoms with Gasteiger partial charge in [-0.2, -0.15) is 0 Å². The monoisotopic (exact) mass is 390 g/mol. The Hall–Kier alpha value is -0.530. The van der Waals surface area contributed by atoms with Crippen LogP contribution in [0.5, 0.6) is 0 Å². The van der Waals surface area contributed by atoms with E-state index in [9.17, 15) is 4.79 Å². The van der Waals surface area contributed by atoms with Crippen LogP contribution in [0, 0.1) is 35.5 Å². The first kappa shape index (κ1) is 22.2. The lowest BCUT2D eigenvalue weighted by molar-refractivity contribution is -0.143. The van der Waals surface area contributed by atoms with E-state index in [-0.39, 0.29) is 5.92 Å². The van der Waals surface area contributed by atoms with E-state index in [0.717, 1.165) is 55.3 Å². The zero-order valence-corrected chi connectivity index (χ0v) is 18.5. The number of hydrogen-bond acceptors (Lipinski definition) is 1. The molecule has 0 radical (unpaired) electrons. The van der Waals surface area contributed by atoms with Crippen molar-refractivity contribution in [2.24, 2.45) is 35.5 Å². The molecule has 0 aromatic carbocycles. The standard InChI is InChI=1S/C26H46O2/c1-2-3-20-4-6-21(7-5-20)8-9-22-10-12-23(13-11-22)14-15-24-16-18-25(19-17-24)26(27)28/h20-25H,2-19H2,1H3,(H,27,28)/t20-,21-,22-,23-,24-,25-. The quantitative estimate of drug-likeness (QED) is 0.435. The summed E-state index contributed by atoms with van der Waals surface area (Å²) in [6.45, 7) is 2.34. The molecule has 0 spiro atoms. The van der Waals surface area contributed by atoms with Crippen LogP contribution in [0.25, 0.3) is 0 Å². The summed E-state index contributed by atoms with van der Waals surface area (Å²) in [6.07, 6.45) is 24.8. The van der Waals surface area contributed by atoms with E-state index in [1.165, 1.54) is 89.9 Å². The second kappa shape index (κ2) is 11.6. The lowest BCUT2D eigenvalue weighted by Gasteiger charge is -2.33. The highest BCUT2D eigenvalue weighted by Crippen LogP contribution is 2.40. The van der Waals surface area contributed by atoms with E-state index in [2.05, 4.69) is 6.92 Å². The highest BCUT2D eigenvalue weighted by Gasteiger charge is 2.28. The number of rotatable bonds is 9. The maximum absolute atomic E-state index is 11.1. The van der Waals surface area contributed by atoms with Gasteiger partial charge in [0.15, 0.2) is 0 Å². The van der Waals surface area contributed by atoms with Gasteiger partial charge in [-0.05, 0) is 55.3 Å². The normalized spacial score (nSPS) is 36.9. The topological polar surface area (TPSA) is 37.3 Å². The molecule has 2 nitrogen and oxygen atoms in total. The smallest absolute Gasteiger partial charge is 0.306 e. The van der Waals surface area contributed by atoms with Gasteiger partial charge in [0.2, 0.25) is 0 Å². The second-order valence-electron chi connectivity index (χ2n) is 10.8. The minimum atomic E-state index is -0.564. The Balaban J connectivity index is 1.23. The van der Waals surface area contributed by atoms with Crippen LogP contribution in [0.3, 0.4) is 0 Å². The molecule has 0 saturated heterocycles. The number of carboxylic acids is 1. The zero-order chi connectivity index (χ0) is 19.8. The summed E-state index contributed by atoms with van der Waals surface area (Å²) < 4.78 is 0. The van der Waals surface area contributed by atoms with E-state index in [0.29, 0.717) is 0 Å². The van der Waals surface area contributed by atoms with Gasteiger partial charge in [-0.3, -0.25) is 4.79 Å². The molecule has 0 bridgehead atoms. The molecule has 0 heterocycles. The van der Waals surface area contributed by atoms with E-state index < -0.39 is 5.97 Å². The first-order valence-electron chi connectivity index (χ1n) is 12.9. The van der Waals surface area contributed by atoms with Gasteiger partial charge in [0.1, 0.15) is 0 Å². The highest BCUT2D eigenvalue weighted by molar-refractivity contribution is 5.69. The van der Waals surface area contributed by atoms with Crippen LogP contribution < -0.4 is 0 Å². The van der Waals surface area contributed by atoms with Gasteiger partial charge in [0.25, 0.3) is 0 Å². The number of carboxylic acid groups (broad SMARTS) is 1. The van der Waals surface area contributed by atoms with Crippen molar-refractivity contribution in [1.82, 2.24) is 0 Å². The average Bonchev–Trinajstić information content (AvgIpc) is 2.73. The van der Waals surface area contributed by atoms with Crippen molar-refractivity contribution in [2.45, 2.75) is 122 Å². The number of hydrogen-bond donors (Lipinski definition) is 1. The first-order chi connectivity index (χ1) is 13.6. The fraction of sp³-hybridized carbons (Fsp3) is 0.962. The SMILES string of the molecule is CCC[C@H]1CC[C@H](CC[C@H]2CC[C@H](CC[C@H]3CC[C@H](C(=O)O)CC3)CC2)CC1. The molecule has 0 atom stereocenters. The van der Waals surface area contributed by atoms with Crippen LogP contribution >= 0.6 is 0 Å². The van der Waals surface area contributed by atoms with Crippen LogP contribution in [0.1, 0.15) is 122 Å². The van der Waals surface area contributed by atoms with Gasteiger partial charge in [-0.25, -0.2) is 0 Å². The third-order valence-corrected chi connectivity index (χ3v) is 8.79. The fourth-order valence-corrected chi connectivity index (χ4v) is 6.67. The van der Waals surface area contributed by atoms with Crippen molar-refractivity contribution < 1.29 is 9.90 Å². The van der Waals surface area contributed by atoms with Crippen molar-refractivity contribution in [1.29, 1.82) is 0 Å². The van der Waals surface area contributed by atoms with E-state index in [1.807, 2.05) is 0 Å². The van der Waals surface area contributed by atoms with Crippen LogP contribution in [0.2, 0.25) is 0 Å². The lowest BCUT2D eigenvalue weighted by atomic mass is 9.73. The fourth-order valence-electron chi connectivity index (χ4n) is 6.67. The zero-order valence-electron chi connectivity index (χ0n) is 18.5. The third kappa shape index (κ3) is 7.06. The molecule has 1 N–H and O–H groups in total. The van der Waals surface area contributed by atoms with Gasteiger partial charge >= 0.3 is 5.97 Å². The molecule has 162 valence electrons. The Morgan fingerprint density at radius 3 is 1.14 bits per heavy atom. The molecule has 3 saturated carbocycles. The molecule has 28 heavy (non-hydrogen) atoms. The van der Waals surface area contributed by atoms with Gasteiger partial charge in [-0.1, -0.05) is 96.8 Å². The van der Waals surface area contributed by atoms with Crippen molar-refractivity contribution in [3.05, 3.63) is 0 Å². The summed E-state index contributed by atoms with van der Waals surface area (Å²) in [5.41, 5.74) is 0. The molecule has 0 aromatic heterocycles. The summed E-state index contributed by atoms with van der Waals surface area (Å²) in [6, 6.07) is 0. The molecular formula is C26H46O2. The summed E-state index contributed by atoms with van der Waals surface area (Å²) in [7, 11) is 0. The maximum atomic E-state index is 11.1. The predicted octanol–water partition coefficient (Wildman–Crippen LogP) is 7.85.